The van der Waals surface area contributed by atoms with Crippen molar-refractivity contribution in [2.24, 2.45) is 0 Å². The summed E-state index contributed by atoms with van der Waals surface area (Å²) in [5, 5.41) is 13.8. The molecule has 0 aliphatic carbocycles. The molecule has 42 valence electrons. The van der Waals surface area contributed by atoms with Crippen LogP contribution in [0.4, 0.5) is 0 Å². The van der Waals surface area contributed by atoms with E-state index < -0.39 is 5.97 Å². The smallest absolute Gasteiger partial charge is 0.561 e. The molecule has 0 aliphatic heterocycles. The molecule has 0 saturated heterocycles. The molecule has 4 nitrogen and oxygen atoms in total. The topological polar surface area (TPSA) is 66.0 Å². The number of hydrogen-bond donors (Lipinski definition) is 2. The van der Waals surface area contributed by atoms with E-state index >= 15 is 0 Å². The first kappa shape index (κ1) is 9.49. The number of nitrogens with one attached hydrogen (secondary N) is 1. The van der Waals surface area contributed by atoms with Gasteiger partial charge in [-0.3, -0.25) is 0 Å². The summed E-state index contributed by atoms with van der Waals surface area (Å²) >= 11 is 0. The Labute approximate surface area is 100 Å². The first-order valence-corrected chi connectivity index (χ1v) is 1.95. The van der Waals surface area contributed by atoms with Gasteiger partial charge in [-0.15, -0.1) is 0 Å². The predicted octanol–water partition coefficient (Wildman–Crippen LogP) is -3.09. The van der Waals surface area contributed by atoms with E-state index in [0.717, 1.165) is 0 Å². The zero-order valence-corrected chi connectivity index (χ0v) is 9.80. The van der Waals surface area contributed by atoms with E-state index in [2.05, 4.69) is 16.3 Å². The molecule has 0 saturated carbocycles. The van der Waals surface area contributed by atoms with Gasteiger partial charge in [-0.25, -0.2) is 5.10 Å². The molecule has 0 fully saturated rings. The first-order valence-electron chi connectivity index (χ1n) is 1.95. The molecule has 0 spiro atoms. The van der Waals surface area contributed by atoms with Gasteiger partial charge in [-0.1, -0.05) is 6.20 Å². The van der Waals surface area contributed by atoms with Crippen molar-refractivity contribution in [1.82, 2.24) is 10.2 Å². The van der Waals surface area contributed by atoms with Crippen molar-refractivity contribution in [3.05, 3.63) is 18.0 Å². The van der Waals surface area contributed by atoms with Crippen LogP contribution in [-0.4, -0.2) is 21.3 Å². The summed E-state index contributed by atoms with van der Waals surface area (Å²) in [7, 11) is 0. The molecule has 0 aliphatic rings. The maximum atomic E-state index is 9.95. The minimum Gasteiger partial charge on any atom is -0.561 e. The minimum absolute atomic E-state index is 0. The largest absolute Gasteiger partial charge is 1.00 e. The Morgan fingerprint density at radius 3 is 2.78 bits per heavy atom. The molecular formula is C4H3N2O2Rb. The Morgan fingerprint density at radius 2 is 2.56 bits per heavy atom. The van der Waals surface area contributed by atoms with Crippen LogP contribution < -0.4 is 58.2 Å². The average Bonchev–Trinajstić information content (AvgIpc) is 2.12. The van der Waals surface area contributed by atoms with Gasteiger partial charge in [0.15, 0.2) is 5.97 Å². The second-order valence-corrected chi connectivity index (χ2v) is 1.18. The van der Waals surface area contributed by atoms with Crippen molar-refractivity contribution in [2.45, 2.75) is 0 Å². The van der Waals surface area contributed by atoms with E-state index in [-0.39, 0.29) is 63.9 Å². The molecule has 0 aromatic carbocycles. The molecule has 1 aromatic rings. The third-order valence-electron chi connectivity index (χ3n) is 0.652. The SMILES string of the molecule is O=C(O)c1[c-]c[nH]n1.[Rb+]. The number of carboxylic acids is 1. The Kier molecular flexibility index (Phi) is 4.56. The Bertz CT molecular complexity index is 184. The standard InChI is InChI=1S/C4H3N2O2.Rb/c7-4(8)3-1-2-5-6-3;/h2H,(H,5,6)(H,7,8);/q-1;+1. The van der Waals surface area contributed by atoms with E-state index in [4.69, 9.17) is 5.11 Å². The summed E-state index contributed by atoms with van der Waals surface area (Å²) in [5.74, 6) is -1.06. The molecular weight excluding hydrogens is 194 g/mol. The zero-order valence-electron chi connectivity index (χ0n) is 4.88. The molecule has 5 heteroatoms. The summed E-state index contributed by atoms with van der Waals surface area (Å²) in [6, 6.07) is 2.37. The van der Waals surface area contributed by atoms with Crippen LogP contribution in [0.25, 0.3) is 0 Å². The number of aromatic carboxylic acids is 1. The van der Waals surface area contributed by atoms with Crippen LogP contribution in [0.3, 0.4) is 0 Å². The molecule has 1 aromatic heterocycles. The van der Waals surface area contributed by atoms with Crippen LogP contribution >= 0.6 is 0 Å². The van der Waals surface area contributed by atoms with Crippen molar-refractivity contribution >= 4 is 5.97 Å². The first-order chi connectivity index (χ1) is 3.80. The second kappa shape index (κ2) is 4.32. The predicted molar refractivity (Wildman–Crippen MR) is 24.4 cm³/mol. The monoisotopic (exact) mass is 196 g/mol. The Balaban J connectivity index is 0.000000640. The van der Waals surface area contributed by atoms with Crippen molar-refractivity contribution in [2.75, 3.05) is 0 Å². The molecule has 1 heterocycles. The van der Waals surface area contributed by atoms with Gasteiger partial charge in [0.2, 0.25) is 0 Å². The van der Waals surface area contributed by atoms with E-state index in [1.54, 1.807) is 0 Å². The van der Waals surface area contributed by atoms with Gasteiger partial charge < -0.3 is 15.0 Å². The summed E-state index contributed by atoms with van der Waals surface area (Å²) in [5.41, 5.74) is -0.0787. The number of aromatic nitrogens is 2. The van der Waals surface area contributed by atoms with Gasteiger partial charge >= 0.3 is 58.2 Å². The second-order valence-electron chi connectivity index (χ2n) is 1.18. The molecule has 9 heavy (non-hydrogen) atoms. The molecule has 0 amide bonds. The molecule has 0 unspecified atom stereocenters. The molecule has 0 atom stereocenters. The average molecular weight is 197 g/mol. The maximum absolute atomic E-state index is 9.95. The Morgan fingerprint density at radius 1 is 1.89 bits per heavy atom. The quantitative estimate of drug-likeness (QED) is 0.468. The van der Waals surface area contributed by atoms with Gasteiger partial charge in [0.1, 0.15) is 0 Å². The number of hydrogen-bond acceptors (Lipinski definition) is 2. The normalized spacial score (nSPS) is 8.00. The number of carboxylic acid groups (broad SMARTS) is 1. The van der Waals surface area contributed by atoms with E-state index in [1.807, 2.05) is 0 Å². The molecule has 2 N–H and O–H groups in total. The van der Waals surface area contributed by atoms with Crippen molar-refractivity contribution in [1.29, 1.82) is 0 Å². The zero-order chi connectivity index (χ0) is 5.98. The van der Waals surface area contributed by atoms with Crippen LogP contribution in [0.15, 0.2) is 6.20 Å². The van der Waals surface area contributed by atoms with Gasteiger partial charge in [-0.2, -0.15) is 6.07 Å². The van der Waals surface area contributed by atoms with Gasteiger partial charge in [0.05, 0.1) is 0 Å². The van der Waals surface area contributed by atoms with Crippen molar-refractivity contribution in [3.8, 4) is 0 Å². The molecule has 0 radical (unpaired) electrons. The maximum Gasteiger partial charge on any atom is 1.00 e. The molecule has 1 rings (SSSR count). The van der Waals surface area contributed by atoms with Gasteiger partial charge in [0.25, 0.3) is 0 Å². The van der Waals surface area contributed by atoms with Gasteiger partial charge in [0, 0.05) is 0 Å². The van der Waals surface area contributed by atoms with Crippen molar-refractivity contribution < 1.29 is 68.1 Å². The third kappa shape index (κ3) is 2.71. The summed E-state index contributed by atoms with van der Waals surface area (Å²) in [6.45, 7) is 0. The van der Waals surface area contributed by atoms with E-state index in [1.165, 1.54) is 6.20 Å². The summed E-state index contributed by atoms with van der Waals surface area (Å²) in [4.78, 5) is 9.95. The van der Waals surface area contributed by atoms with Crippen LogP contribution in [0.1, 0.15) is 10.5 Å². The van der Waals surface area contributed by atoms with Crippen LogP contribution in [-0.2, 0) is 0 Å². The van der Waals surface area contributed by atoms with E-state index in [0.29, 0.717) is 0 Å². The third-order valence-corrected chi connectivity index (χ3v) is 0.652. The fraction of sp³-hybridized carbons (Fsp3) is 0. The number of aromatic amines is 1. The number of rotatable bonds is 1. The van der Waals surface area contributed by atoms with Gasteiger partial charge in [-0.05, 0) is 5.69 Å². The molecule has 0 bridgehead atoms. The fourth-order valence-corrected chi connectivity index (χ4v) is 0.339. The summed E-state index contributed by atoms with van der Waals surface area (Å²) in [6.07, 6.45) is 1.34. The fourth-order valence-electron chi connectivity index (χ4n) is 0.339. The summed E-state index contributed by atoms with van der Waals surface area (Å²) < 4.78 is 0. The minimum atomic E-state index is -1.06. The van der Waals surface area contributed by atoms with E-state index in [9.17, 15) is 4.79 Å². The Hall–Kier alpha value is 0.485. The number of carbonyl (C=O) groups is 1. The number of nitrogens with zero attached hydrogens (tertiary/aromatic N) is 1. The van der Waals surface area contributed by atoms with Crippen LogP contribution in [0, 0.1) is 6.07 Å². The number of H-pyrrole nitrogens is 1. The van der Waals surface area contributed by atoms with Crippen molar-refractivity contribution in [3.63, 3.8) is 0 Å². The van der Waals surface area contributed by atoms with Crippen LogP contribution in [0.2, 0.25) is 0 Å². The van der Waals surface area contributed by atoms with Crippen LogP contribution in [0.5, 0.6) is 0 Å².